The lowest BCUT2D eigenvalue weighted by molar-refractivity contribution is -0.123. The first-order chi connectivity index (χ1) is 15.5. The summed E-state index contributed by atoms with van der Waals surface area (Å²) in [5.74, 6) is 0.283. The van der Waals surface area contributed by atoms with Crippen LogP contribution in [0.4, 0.5) is 5.69 Å². The van der Waals surface area contributed by atoms with Crippen LogP contribution in [0.25, 0.3) is 5.57 Å². The first kappa shape index (κ1) is 25.0. The molecule has 1 unspecified atom stereocenters. The Hall–Kier alpha value is -1.66. The predicted molar refractivity (Wildman–Crippen MR) is 140 cm³/mol. The van der Waals surface area contributed by atoms with Crippen molar-refractivity contribution in [3.05, 3.63) is 34.7 Å². The Morgan fingerprint density at radius 3 is 2.34 bits per heavy atom. The first-order valence-electron chi connectivity index (χ1n) is 12.2. The number of carbonyl (C=O) groups is 2. The number of para-hydroxylation sites is 1. The minimum atomic E-state index is -0.0992. The van der Waals surface area contributed by atoms with E-state index in [-0.39, 0.29) is 11.8 Å². The molecule has 2 amide bonds. The Kier molecular flexibility index (Phi) is 9.35. The SMILES string of the molecule is CCCCCCCN1C(=O)/C(=C2\SC(=S)N(CC(CC)CCCC)C2=O)c2ccccc21. The molecule has 3 rings (SSSR count). The average molecular weight is 473 g/mol. The van der Waals surface area contributed by atoms with Crippen molar-refractivity contribution in [2.24, 2.45) is 5.92 Å². The van der Waals surface area contributed by atoms with E-state index in [1.54, 1.807) is 4.90 Å². The van der Waals surface area contributed by atoms with Crippen molar-refractivity contribution in [2.45, 2.75) is 78.6 Å². The summed E-state index contributed by atoms with van der Waals surface area (Å²) < 4.78 is 0.579. The number of nitrogens with zero attached hydrogens (tertiary/aromatic N) is 2. The van der Waals surface area contributed by atoms with E-state index in [1.807, 2.05) is 29.2 Å². The summed E-state index contributed by atoms with van der Waals surface area (Å²) in [7, 11) is 0. The maximum atomic E-state index is 13.5. The molecule has 6 heteroatoms. The second kappa shape index (κ2) is 12.0. The number of fused-ring (bicyclic) bond motifs is 1. The summed E-state index contributed by atoms with van der Waals surface area (Å²) in [6.45, 7) is 7.91. The molecule has 0 radical (unpaired) electrons. The third kappa shape index (κ3) is 5.45. The Balaban J connectivity index is 1.82. The molecule has 1 saturated heterocycles. The van der Waals surface area contributed by atoms with Crippen LogP contribution in [0.3, 0.4) is 0 Å². The van der Waals surface area contributed by atoms with Crippen molar-refractivity contribution in [1.82, 2.24) is 4.90 Å². The summed E-state index contributed by atoms with van der Waals surface area (Å²) >= 11 is 6.89. The van der Waals surface area contributed by atoms with E-state index in [1.165, 1.54) is 31.0 Å². The van der Waals surface area contributed by atoms with E-state index in [9.17, 15) is 9.59 Å². The predicted octanol–water partition coefficient (Wildman–Crippen LogP) is 6.79. The number of thiocarbonyl (C=S) groups is 1. The number of unbranched alkanes of at least 4 members (excludes halogenated alkanes) is 5. The van der Waals surface area contributed by atoms with Crippen LogP contribution in [-0.2, 0) is 9.59 Å². The van der Waals surface area contributed by atoms with Gasteiger partial charge in [0, 0.05) is 18.7 Å². The number of amides is 2. The topological polar surface area (TPSA) is 40.6 Å². The zero-order valence-corrected chi connectivity index (χ0v) is 21.3. The molecule has 2 aliphatic heterocycles. The Morgan fingerprint density at radius 1 is 0.906 bits per heavy atom. The fraction of sp³-hybridized carbons (Fsp3) is 0.577. The van der Waals surface area contributed by atoms with Crippen molar-refractivity contribution >= 4 is 51.4 Å². The Bertz CT molecular complexity index is 880. The molecule has 0 spiro atoms. The monoisotopic (exact) mass is 472 g/mol. The van der Waals surface area contributed by atoms with E-state index in [0.717, 1.165) is 49.8 Å². The third-order valence-electron chi connectivity index (χ3n) is 6.47. The smallest absolute Gasteiger partial charge is 0.267 e. The maximum Gasteiger partial charge on any atom is 0.267 e. The van der Waals surface area contributed by atoms with Gasteiger partial charge in [-0.05, 0) is 24.8 Å². The van der Waals surface area contributed by atoms with E-state index in [4.69, 9.17) is 12.2 Å². The molecule has 1 fully saturated rings. The van der Waals surface area contributed by atoms with Crippen molar-refractivity contribution in [1.29, 1.82) is 0 Å². The van der Waals surface area contributed by atoms with Crippen LogP contribution in [0.1, 0.15) is 84.1 Å². The van der Waals surface area contributed by atoms with Crippen LogP contribution in [0.15, 0.2) is 29.2 Å². The zero-order valence-electron chi connectivity index (χ0n) is 19.7. The molecular weight excluding hydrogens is 436 g/mol. The molecule has 2 heterocycles. The van der Waals surface area contributed by atoms with Gasteiger partial charge in [-0.25, -0.2) is 0 Å². The fourth-order valence-corrected chi connectivity index (χ4v) is 5.82. The molecule has 32 heavy (non-hydrogen) atoms. The highest BCUT2D eigenvalue weighted by Crippen LogP contribution is 2.44. The minimum Gasteiger partial charge on any atom is -0.308 e. The maximum absolute atomic E-state index is 13.5. The molecule has 174 valence electrons. The number of benzene rings is 1. The van der Waals surface area contributed by atoms with Gasteiger partial charge in [0.25, 0.3) is 11.8 Å². The molecule has 0 N–H and O–H groups in total. The summed E-state index contributed by atoms with van der Waals surface area (Å²) in [4.78, 5) is 31.0. The van der Waals surface area contributed by atoms with Crippen molar-refractivity contribution in [3.63, 3.8) is 0 Å². The normalized spacial score (nSPS) is 19.3. The van der Waals surface area contributed by atoms with Crippen molar-refractivity contribution < 1.29 is 9.59 Å². The minimum absolute atomic E-state index is 0.0554. The summed E-state index contributed by atoms with van der Waals surface area (Å²) in [5.41, 5.74) is 2.32. The molecule has 0 saturated carbocycles. The number of thioether (sulfide) groups is 1. The highest BCUT2D eigenvalue weighted by molar-refractivity contribution is 8.26. The zero-order chi connectivity index (χ0) is 23.1. The second-order valence-corrected chi connectivity index (χ2v) is 10.4. The summed E-state index contributed by atoms with van der Waals surface area (Å²) in [5, 5.41) is 0. The lowest BCUT2D eigenvalue weighted by atomic mass is 9.98. The number of anilines is 1. The van der Waals surface area contributed by atoms with Gasteiger partial charge in [-0.3, -0.25) is 14.5 Å². The molecular formula is C26H36N2O2S2. The van der Waals surface area contributed by atoms with Gasteiger partial charge in [-0.1, -0.05) is 108 Å². The van der Waals surface area contributed by atoms with Gasteiger partial charge in [-0.15, -0.1) is 0 Å². The van der Waals surface area contributed by atoms with Gasteiger partial charge in [0.2, 0.25) is 0 Å². The highest BCUT2D eigenvalue weighted by Gasteiger charge is 2.42. The number of rotatable bonds is 12. The van der Waals surface area contributed by atoms with E-state index < -0.39 is 0 Å². The van der Waals surface area contributed by atoms with Crippen LogP contribution >= 0.6 is 24.0 Å². The molecule has 1 aromatic carbocycles. The van der Waals surface area contributed by atoms with E-state index >= 15 is 0 Å². The van der Waals surface area contributed by atoms with Crippen molar-refractivity contribution in [3.8, 4) is 0 Å². The molecule has 1 aromatic rings. The van der Waals surface area contributed by atoms with Crippen LogP contribution < -0.4 is 4.90 Å². The summed E-state index contributed by atoms with van der Waals surface area (Å²) in [6, 6.07) is 7.85. The fourth-order valence-electron chi connectivity index (χ4n) is 4.48. The number of carbonyl (C=O) groups excluding carboxylic acids is 2. The van der Waals surface area contributed by atoms with Crippen LogP contribution in [0.2, 0.25) is 0 Å². The van der Waals surface area contributed by atoms with Gasteiger partial charge in [0.05, 0.1) is 16.2 Å². The lowest BCUT2D eigenvalue weighted by Crippen LogP contribution is -2.33. The Morgan fingerprint density at radius 2 is 1.62 bits per heavy atom. The number of hydrogen-bond donors (Lipinski definition) is 0. The molecule has 4 nitrogen and oxygen atoms in total. The summed E-state index contributed by atoms with van der Waals surface area (Å²) in [6.07, 6.45) is 10.2. The van der Waals surface area contributed by atoms with E-state index in [2.05, 4.69) is 20.8 Å². The van der Waals surface area contributed by atoms with Gasteiger partial charge >= 0.3 is 0 Å². The molecule has 1 atom stereocenters. The van der Waals surface area contributed by atoms with Crippen LogP contribution in [0.5, 0.6) is 0 Å². The van der Waals surface area contributed by atoms with Crippen LogP contribution in [-0.4, -0.2) is 34.1 Å². The van der Waals surface area contributed by atoms with Crippen LogP contribution in [0, 0.1) is 5.92 Å². The van der Waals surface area contributed by atoms with Gasteiger partial charge in [0.15, 0.2) is 0 Å². The number of hydrogen-bond acceptors (Lipinski definition) is 4. The third-order valence-corrected chi connectivity index (χ3v) is 7.92. The molecule has 0 aliphatic carbocycles. The van der Waals surface area contributed by atoms with Gasteiger partial charge in [-0.2, -0.15) is 0 Å². The first-order valence-corrected chi connectivity index (χ1v) is 13.4. The Labute approximate surface area is 202 Å². The second-order valence-electron chi connectivity index (χ2n) is 8.79. The largest absolute Gasteiger partial charge is 0.308 e. The van der Waals surface area contributed by atoms with Gasteiger partial charge < -0.3 is 4.90 Å². The highest BCUT2D eigenvalue weighted by atomic mass is 32.2. The molecule has 0 bridgehead atoms. The standard InChI is InChI=1S/C26H36N2O2S2/c1-4-7-9-10-13-17-27-21-16-12-11-15-20(21)22(24(27)29)23-25(30)28(26(31)32-23)18-19(6-3)14-8-5-2/h11-12,15-16,19H,4-10,13-14,17-18H2,1-3H3/b23-22-. The van der Waals surface area contributed by atoms with Gasteiger partial charge in [0.1, 0.15) is 4.32 Å². The lowest BCUT2D eigenvalue weighted by Gasteiger charge is -2.21. The quantitative estimate of drug-likeness (QED) is 0.191. The average Bonchev–Trinajstić information content (AvgIpc) is 3.23. The molecule has 2 aliphatic rings. The van der Waals surface area contributed by atoms with E-state index in [0.29, 0.717) is 33.8 Å². The molecule has 0 aromatic heterocycles. The van der Waals surface area contributed by atoms with Crippen molar-refractivity contribution in [2.75, 3.05) is 18.0 Å².